The summed E-state index contributed by atoms with van der Waals surface area (Å²) in [7, 11) is -3.93. The molecule has 0 spiro atoms. The normalized spacial score (nSPS) is 17.0. The molecular formula is C19H19BrClFN2O5S. The Morgan fingerprint density at radius 1 is 1.23 bits per heavy atom. The van der Waals surface area contributed by atoms with Gasteiger partial charge >= 0.3 is 0 Å². The maximum Gasteiger partial charge on any atom is 0.257 e. The van der Waals surface area contributed by atoms with Crippen LogP contribution < -0.4 is 5.32 Å². The molecule has 1 saturated heterocycles. The second-order valence-electron chi connectivity index (χ2n) is 7.01. The highest BCUT2D eigenvalue weighted by molar-refractivity contribution is 9.10. The van der Waals surface area contributed by atoms with Crippen molar-refractivity contribution >= 4 is 49.1 Å². The second kappa shape index (κ2) is 8.89. The zero-order valence-electron chi connectivity index (χ0n) is 15.6. The molecule has 0 radical (unpaired) electrons. The summed E-state index contributed by atoms with van der Waals surface area (Å²) in [4.78, 5) is 12.5. The van der Waals surface area contributed by atoms with E-state index in [0.717, 1.165) is 0 Å². The number of aliphatic hydroxyl groups excluding tert-OH is 1. The van der Waals surface area contributed by atoms with Crippen LogP contribution in [0.25, 0.3) is 0 Å². The first kappa shape index (κ1) is 23.1. The Hall–Kier alpha value is -1.56. The average Bonchev–Trinajstić information content (AvgIpc) is 2.71. The number of nitrogens with zero attached hydrogens (tertiary/aromatic N) is 1. The van der Waals surface area contributed by atoms with Crippen molar-refractivity contribution in [3.05, 3.63) is 57.3 Å². The van der Waals surface area contributed by atoms with Gasteiger partial charge < -0.3 is 15.5 Å². The minimum atomic E-state index is -3.93. The number of benzene rings is 2. The molecule has 0 atom stereocenters. The van der Waals surface area contributed by atoms with Crippen LogP contribution in [0.1, 0.15) is 23.2 Å². The SMILES string of the molecule is O=C(Nc1ccc(F)c(Br)c1)c1cc(S(=O)(=O)N2CCC(O)(CO)CC2)ccc1Cl. The first-order valence-electron chi connectivity index (χ1n) is 8.95. The minimum Gasteiger partial charge on any atom is -0.393 e. The monoisotopic (exact) mass is 520 g/mol. The maximum atomic E-state index is 13.4. The van der Waals surface area contributed by atoms with Crippen LogP contribution in [0, 0.1) is 5.82 Å². The van der Waals surface area contributed by atoms with E-state index in [1.165, 1.54) is 40.7 Å². The first-order valence-corrected chi connectivity index (χ1v) is 11.6. The summed E-state index contributed by atoms with van der Waals surface area (Å²) in [5.74, 6) is -1.14. The minimum absolute atomic E-state index is 0.0349. The highest BCUT2D eigenvalue weighted by Gasteiger charge is 2.37. The van der Waals surface area contributed by atoms with Gasteiger partial charge in [-0.15, -0.1) is 0 Å². The lowest BCUT2D eigenvalue weighted by atomic mass is 9.94. The fourth-order valence-electron chi connectivity index (χ4n) is 3.06. The Kier molecular flexibility index (Phi) is 6.85. The number of aliphatic hydroxyl groups is 2. The van der Waals surface area contributed by atoms with Gasteiger partial charge in [-0.1, -0.05) is 11.6 Å². The van der Waals surface area contributed by atoms with Crippen LogP contribution >= 0.6 is 27.5 Å². The summed E-state index contributed by atoms with van der Waals surface area (Å²) in [6.07, 6.45) is 0.201. The molecule has 1 aliphatic rings. The molecule has 0 aromatic heterocycles. The lowest BCUT2D eigenvalue weighted by Crippen LogP contribution is -2.48. The molecule has 2 aromatic rings. The first-order chi connectivity index (χ1) is 14.1. The van der Waals surface area contributed by atoms with Gasteiger partial charge in [-0.2, -0.15) is 4.31 Å². The van der Waals surface area contributed by atoms with E-state index < -0.39 is 34.0 Å². The van der Waals surface area contributed by atoms with E-state index in [1.807, 2.05) is 0 Å². The van der Waals surface area contributed by atoms with Crippen molar-refractivity contribution in [3.63, 3.8) is 0 Å². The molecule has 3 N–H and O–H groups in total. The number of halogens is 3. The van der Waals surface area contributed by atoms with Gasteiger partial charge in [0.05, 0.1) is 32.2 Å². The number of amides is 1. The molecule has 1 fully saturated rings. The van der Waals surface area contributed by atoms with Gasteiger partial charge in [0.15, 0.2) is 0 Å². The van der Waals surface area contributed by atoms with E-state index in [2.05, 4.69) is 21.2 Å². The topological polar surface area (TPSA) is 107 Å². The summed E-state index contributed by atoms with van der Waals surface area (Å²) in [6.45, 7) is -0.369. The number of hydrogen-bond donors (Lipinski definition) is 3. The maximum absolute atomic E-state index is 13.4. The average molecular weight is 522 g/mol. The van der Waals surface area contributed by atoms with Gasteiger partial charge in [0.1, 0.15) is 5.82 Å². The van der Waals surface area contributed by atoms with Crippen LogP contribution in [-0.2, 0) is 10.0 Å². The largest absolute Gasteiger partial charge is 0.393 e. The van der Waals surface area contributed by atoms with Crippen LogP contribution in [-0.4, -0.2) is 54.1 Å². The number of carbonyl (C=O) groups is 1. The van der Waals surface area contributed by atoms with Crippen LogP contribution in [0.2, 0.25) is 5.02 Å². The molecule has 0 bridgehead atoms. The smallest absolute Gasteiger partial charge is 0.257 e. The summed E-state index contributed by atoms with van der Waals surface area (Å²) in [5, 5.41) is 21.9. The number of nitrogens with one attached hydrogen (secondary N) is 1. The third kappa shape index (κ3) is 4.84. The number of carbonyl (C=O) groups excluding carboxylic acids is 1. The molecule has 1 amide bonds. The number of anilines is 1. The Labute approximate surface area is 186 Å². The lowest BCUT2D eigenvalue weighted by Gasteiger charge is -2.36. The summed E-state index contributed by atoms with van der Waals surface area (Å²) in [6, 6.07) is 7.71. The molecule has 11 heteroatoms. The quantitative estimate of drug-likeness (QED) is 0.561. The molecule has 1 aliphatic heterocycles. The third-order valence-corrected chi connectivity index (χ3v) is 7.78. The summed E-state index contributed by atoms with van der Waals surface area (Å²) < 4.78 is 40.7. The fraction of sp³-hybridized carbons (Fsp3) is 0.316. The van der Waals surface area contributed by atoms with Crippen molar-refractivity contribution < 1.29 is 27.8 Å². The highest BCUT2D eigenvalue weighted by atomic mass is 79.9. The summed E-state index contributed by atoms with van der Waals surface area (Å²) in [5.41, 5.74) is -1.04. The fourth-order valence-corrected chi connectivity index (χ4v) is 5.11. The molecular weight excluding hydrogens is 503 g/mol. The van der Waals surface area contributed by atoms with E-state index in [-0.39, 0.29) is 45.9 Å². The van der Waals surface area contributed by atoms with Gasteiger partial charge in [-0.05, 0) is 65.2 Å². The standard InChI is InChI=1S/C19H19BrClFN2O5S/c20-15-9-12(1-4-17(15)22)23-18(26)14-10-13(2-3-16(14)21)30(28,29)24-7-5-19(27,11-25)6-8-24/h1-4,9-10,25,27H,5-8,11H2,(H,23,26). The number of hydrogen-bond acceptors (Lipinski definition) is 5. The van der Waals surface area contributed by atoms with Gasteiger partial charge in [0.25, 0.3) is 5.91 Å². The molecule has 30 heavy (non-hydrogen) atoms. The third-order valence-electron chi connectivity index (χ3n) is 4.95. The number of rotatable bonds is 5. The predicted octanol–water partition coefficient (Wildman–Crippen LogP) is 3.00. The van der Waals surface area contributed by atoms with Gasteiger partial charge in [0, 0.05) is 18.8 Å². The van der Waals surface area contributed by atoms with Crippen molar-refractivity contribution in [2.75, 3.05) is 25.0 Å². The van der Waals surface area contributed by atoms with Crippen LogP contribution in [0.5, 0.6) is 0 Å². The molecule has 1 heterocycles. The molecule has 0 unspecified atom stereocenters. The van der Waals surface area contributed by atoms with Crippen molar-refractivity contribution in [1.82, 2.24) is 4.31 Å². The van der Waals surface area contributed by atoms with Gasteiger partial charge in [0.2, 0.25) is 10.0 Å². The second-order valence-corrected chi connectivity index (χ2v) is 10.2. The van der Waals surface area contributed by atoms with Crippen molar-refractivity contribution in [2.24, 2.45) is 0 Å². The lowest BCUT2D eigenvalue weighted by molar-refractivity contribution is -0.0480. The van der Waals surface area contributed by atoms with Crippen LogP contribution in [0.15, 0.2) is 45.8 Å². The van der Waals surface area contributed by atoms with Crippen molar-refractivity contribution in [3.8, 4) is 0 Å². The van der Waals surface area contributed by atoms with Crippen LogP contribution in [0.3, 0.4) is 0 Å². The Morgan fingerprint density at radius 3 is 2.50 bits per heavy atom. The van der Waals surface area contributed by atoms with E-state index in [4.69, 9.17) is 11.6 Å². The predicted molar refractivity (Wildman–Crippen MR) is 114 cm³/mol. The Morgan fingerprint density at radius 2 is 1.90 bits per heavy atom. The molecule has 0 saturated carbocycles. The Balaban J connectivity index is 1.83. The van der Waals surface area contributed by atoms with E-state index in [1.54, 1.807) is 0 Å². The summed E-state index contributed by atoms with van der Waals surface area (Å²) >= 11 is 9.14. The number of piperidine rings is 1. The molecule has 162 valence electrons. The highest BCUT2D eigenvalue weighted by Crippen LogP contribution is 2.29. The Bertz CT molecular complexity index is 1070. The van der Waals surface area contributed by atoms with Crippen molar-refractivity contribution in [1.29, 1.82) is 0 Å². The van der Waals surface area contributed by atoms with Crippen molar-refractivity contribution in [2.45, 2.75) is 23.3 Å². The molecule has 0 aliphatic carbocycles. The number of sulfonamides is 1. The molecule has 3 rings (SSSR count). The zero-order valence-corrected chi connectivity index (χ0v) is 18.8. The zero-order chi connectivity index (χ0) is 22.1. The van der Waals surface area contributed by atoms with E-state index >= 15 is 0 Å². The van der Waals surface area contributed by atoms with E-state index in [9.17, 15) is 27.8 Å². The molecule has 2 aromatic carbocycles. The van der Waals surface area contributed by atoms with Crippen LogP contribution in [0.4, 0.5) is 10.1 Å². The van der Waals surface area contributed by atoms with Gasteiger partial charge in [-0.25, -0.2) is 12.8 Å². The van der Waals surface area contributed by atoms with E-state index in [0.29, 0.717) is 5.69 Å². The van der Waals surface area contributed by atoms with Gasteiger partial charge in [-0.3, -0.25) is 4.79 Å². The molecule has 7 nitrogen and oxygen atoms in total.